The second kappa shape index (κ2) is 10.3. The van der Waals surface area contributed by atoms with Crippen molar-refractivity contribution < 1.29 is 9.53 Å². The van der Waals surface area contributed by atoms with Crippen LogP contribution in [0.4, 0.5) is 0 Å². The van der Waals surface area contributed by atoms with Gasteiger partial charge in [-0.25, -0.2) is 0 Å². The molecule has 1 heterocycles. The number of hydrogen-bond donors (Lipinski definition) is 0. The molecule has 1 aliphatic rings. The van der Waals surface area contributed by atoms with Crippen molar-refractivity contribution in [3.63, 3.8) is 0 Å². The maximum atomic E-state index is 13.0. The van der Waals surface area contributed by atoms with Gasteiger partial charge in [0.15, 0.2) is 5.17 Å². The summed E-state index contributed by atoms with van der Waals surface area (Å²) in [5, 5.41) is 3.20. The van der Waals surface area contributed by atoms with Crippen LogP contribution in [-0.2, 0) is 11.4 Å². The SMILES string of the molecule is CC(C)N=C1S/C(=C/c2ccc(OCc3cccc4ccccc34)c(I)c2)C(=O)N1C(C)C. The highest BCUT2D eigenvalue weighted by Crippen LogP contribution is 2.35. The first kappa shape index (κ1) is 23.8. The molecule has 0 unspecified atom stereocenters. The third kappa shape index (κ3) is 5.44. The summed E-state index contributed by atoms with van der Waals surface area (Å²) in [6.45, 7) is 8.59. The highest BCUT2D eigenvalue weighted by atomic mass is 127. The molecule has 1 fully saturated rings. The number of amides is 1. The van der Waals surface area contributed by atoms with Crippen LogP contribution in [0, 0.1) is 3.57 Å². The summed E-state index contributed by atoms with van der Waals surface area (Å²) in [5.41, 5.74) is 2.14. The molecular weight excluding hydrogens is 543 g/mol. The minimum Gasteiger partial charge on any atom is -0.488 e. The van der Waals surface area contributed by atoms with Gasteiger partial charge in [0.25, 0.3) is 5.91 Å². The Bertz CT molecular complexity index is 1240. The highest BCUT2D eigenvalue weighted by Gasteiger charge is 2.35. The van der Waals surface area contributed by atoms with E-state index in [1.54, 1.807) is 4.90 Å². The van der Waals surface area contributed by atoms with E-state index in [2.05, 4.69) is 76.1 Å². The Balaban J connectivity index is 1.53. The Morgan fingerprint density at radius 3 is 2.55 bits per heavy atom. The van der Waals surface area contributed by atoms with Crippen molar-refractivity contribution in [1.29, 1.82) is 0 Å². The molecule has 1 amide bonds. The first-order chi connectivity index (χ1) is 15.8. The predicted octanol–water partition coefficient (Wildman–Crippen LogP) is 7.11. The molecule has 3 aromatic carbocycles. The molecule has 0 bridgehead atoms. The van der Waals surface area contributed by atoms with E-state index in [0.717, 1.165) is 25.6 Å². The summed E-state index contributed by atoms with van der Waals surface area (Å²) in [6.07, 6.45) is 1.95. The topological polar surface area (TPSA) is 41.9 Å². The van der Waals surface area contributed by atoms with Crippen LogP contribution < -0.4 is 4.74 Å². The van der Waals surface area contributed by atoms with Gasteiger partial charge in [0.2, 0.25) is 0 Å². The first-order valence-corrected chi connectivity index (χ1v) is 12.9. The Morgan fingerprint density at radius 2 is 1.82 bits per heavy atom. The van der Waals surface area contributed by atoms with E-state index in [0.29, 0.717) is 11.5 Å². The van der Waals surface area contributed by atoms with Crippen molar-refractivity contribution in [3.05, 3.63) is 80.3 Å². The lowest BCUT2D eigenvalue weighted by Gasteiger charge is -2.20. The molecule has 170 valence electrons. The number of aliphatic imine (C=N–C) groups is 1. The molecule has 0 aliphatic carbocycles. The Kier molecular flexibility index (Phi) is 7.44. The minimum atomic E-state index is 0.0145. The van der Waals surface area contributed by atoms with Crippen molar-refractivity contribution >= 4 is 62.3 Å². The summed E-state index contributed by atoms with van der Waals surface area (Å²) in [5.74, 6) is 0.850. The fraction of sp³-hybridized carbons (Fsp3) is 0.259. The third-order valence-corrected chi connectivity index (χ3v) is 7.08. The molecule has 4 rings (SSSR count). The zero-order valence-corrected chi connectivity index (χ0v) is 22.2. The summed E-state index contributed by atoms with van der Waals surface area (Å²) >= 11 is 3.74. The lowest BCUT2D eigenvalue weighted by molar-refractivity contribution is -0.123. The number of fused-ring (bicyclic) bond motifs is 1. The van der Waals surface area contributed by atoms with Gasteiger partial charge in [0, 0.05) is 12.1 Å². The van der Waals surface area contributed by atoms with Crippen molar-refractivity contribution in [2.75, 3.05) is 0 Å². The van der Waals surface area contributed by atoms with Gasteiger partial charge >= 0.3 is 0 Å². The number of benzene rings is 3. The number of carbonyl (C=O) groups is 1. The molecule has 0 saturated carbocycles. The molecule has 6 heteroatoms. The molecule has 4 nitrogen and oxygen atoms in total. The minimum absolute atomic E-state index is 0.0145. The summed E-state index contributed by atoms with van der Waals surface area (Å²) < 4.78 is 7.17. The first-order valence-electron chi connectivity index (χ1n) is 11.0. The van der Waals surface area contributed by atoms with Crippen LogP contribution in [0.15, 0.2) is 70.6 Å². The van der Waals surface area contributed by atoms with E-state index >= 15 is 0 Å². The number of halogens is 1. The van der Waals surface area contributed by atoms with Gasteiger partial charge in [-0.1, -0.05) is 48.5 Å². The third-order valence-electron chi connectivity index (χ3n) is 5.24. The lowest BCUT2D eigenvalue weighted by Crippen LogP contribution is -2.35. The van der Waals surface area contributed by atoms with Gasteiger partial charge in [-0.3, -0.25) is 14.7 Å². The zero-order chi connectivity index (χ0) is 23.5. The number of amidine groups is 1. The summed E-state index contributed by atoms with van der Waals surface area (Å²) in [6, 6.07) is 20.9. The Labute approximate surface area is 213 Å². The smallest absolute Gasteiger partial charge is 0.266 e. The van der Waals surface area contributed by atoms with Gasteiger partial charge in [-0.2, -0.15) is 0 Å². The van der Waals surface area contributed by atoms with Crippen molar-refractivity contribution in [3.8, 4) is 5.75 Å². The molecule has 0 spiro atoms. The van der Waals surface area contributed by atoms with Crippen molar-refractivity contribution in [2.24, 2.45) is 4.99 Å². The number of carbonyl (C=O) groups excluding carboxylic acids is 1. The second-order valence-corrected chi connectivity index (χ2v) is 10.7. The standard InChI is InChI=1S/C27H27IN2O2S/c1-17(2)29-27-30(18(3)4)26(31)25(33-27)15-19-12-13-24(23(28)14-19)32-16-21-10-7-9-20-8-5-6-11-22(20)21/h5-15,17-18H,16H2,1-4H3/b25-15+,29-27?. The fourth-order valence-corrected chi connectivity index (χ4v) is 5.63. The van der Waals surface area contributed by atoms with E-state index in [9.17, 15) is 4.79 Å². The van der Waals surface area contributed by atoms with Crippen LogP contribution in [0.1, 0.15) is 38.8 Å². The van der Waals surface area contributed by atoms with Gasteiger partial charge in [-0.15, -0.1) is 0 Å². The molecule has 33 heavy (non-hydrogen) atoms. The summed E-state index contributed by atoms with van der Waals surface area (Å²) in [7, 11) is 0. The van der Waals surface area contributed by atoms with Crippen molar-refractivity contribution in [2.45, 2.75) is 46.4 Å². The molecule has 0 atom stereocenters. The van der Waals surface area contributed by atoms with E-state index in [1.165, 1.54) is 22.5 Å². The molecular formula is C27H27IN2O2S. The van der Waals surface area contributed by atoms with Gasteiger partial charge in [0.1, 0.15) is 12.4 Å². The Morgan fingerprint density at radius 1 is 1.06 bits per heavy atom. The average molecular weight is 570 g/mol. The molecule has 0 N–H and O–H groups in total. The molecule has 0 radical (unpaired) electrons. The predicted molar refractivity (Wildman–Crippen MR) is 148 cm³/mol. The van der Waals surface area contributed by atoms with Gasteiger partial charge in [0.05, 0.1) is 8.48 Å². The fourth-order valence-electron chi connectivity index (χ4n) is 3.70. The van der Waals surface area contributed by atoms with Crippen molar-refractivity contribution in [1.82, 2.24) is 4.90 Å². The van der Waals surface area contributed by atoms with E-state index in [-0.39, 0.29) is 18.0 Å². The summed E-state index contributed by atoms with van der Waals surface area (Å²) in [4.78, 5) is 20.1. The number of thioether (sulfide) groups is 1. The van der Waals surface area contributed by atoms with Crippen LogP contribution in [0.5, 0.6) is 5.75 Å². The normalized spacial score (nSPS) is 16.7. The monoisotopic (exact) mass is 570 g/mol. The lowest BCUT2D eigenvalue weighted by atomic mass is 10.1. The molecule has 3 aromatic rings. The number of ether oxygens (including phenoxy) is 1. The maximum Gasteiger partial charge on any atom is 0.266 e. The quantitative estimate of drug-likeness (QED) is 0.234. The van der Waals surface area contributed by atoms with Crippen LogP contribution in [0.3, 0.4) is 0 Å². The van der Waals surface area contributed by atoms with Crippen LogP contribution in [-0.4, -0.2) is 28.1 Å². The highest BCUT2D eigenvalue weighted by molar-refractivity contribution is 14.1. The maximum absolute atomic E-state index is 13.0. The zero-order valence-electron chi connectivity index (χ0n) is 19.2. The molecule has 1 saturated heterocycles. The number of nitrogens with zero attached hydrogens (tertiary/aromatic N) is 2. The van der Waals surface area contributed by atoms with E-state index in [4.69, 9.17) is 4.74 Å². The average Bonchev–Trinajstić information content (AvgIpc) is 3.07. The van der Waals surface area contributed by atoms with E-state index in [1.807, 2.05) is 45.9 Å². The number of rotatable bonds is 6. The second-order valence-electron chi connectivity index (χ2n) is 8.50. The molecule has 1 aliphatic heterocycles. The largest absolute Gasteiger partial charge is 0.488 e. The number of hydrogen-bond acceptors (Lipinski definition) is 4. The van der Waals surface area contributed by atoms with E-state index < -0.39 is 0 Å². The van der Waals surface area contributed by atoms with Crippen LogP contribution in [0.25, 0.3) is 16.8 Å². The van der Waals surface area contributed by atoms with Gasteiger partial charge < -0.3 is 4.74 Å². The van der Waals surface area contributed by atoms with Crippen LogP contribution in [0.2, 0.25) is 0 Å². The Hall–Kier alpha value is -2.32. The molecule has 0 aromatic heterocycles. The van der Waals surface area contributed by atoms with Gasteiger partial charge in [-0.05, 0) is 102 Å². The van der Waals surface area contributed by atoms with Crippen LogP contribution >= 0.6 is 34.4 Å².